The van der Waals surface area contributed by atoms with Crippen LogP contribution in [0.3, 0.4) is 0 Å². The van der Waals surface area contributed by atoms with Gasteiger partial charge in [0.25, 0.3) is 0 Å². The number of carbonyl (C=O) groups is 2. The predicted octanol–water partition coefficient (Wildman–Crippen LogP) is 3.25. The average molecular weight is 296 g/mol. The lowest BCUT2D eigenvalue weighted by atomic mass is 10.1. The number of hydrogen-bond donors (Lipinski definition) is 2. The van der Waals surface area contributed by atoms with Gasteiger partial charge in [-0.15, -0.1) is 5.92 Å². The van der Waals surface area contributed by atoms with Gasteiger partial charge in [-0.1, -0.05) is 5.92 Å². The zero-order chi connectivity index (χ0) is 16.1. The molecule has 0 unspecified atom stereocenters. The molecule has 0 saturated carbocycles. The molecular weight excluding hydrogens is 284 g/mol. The van der Waals surface area contributed by atoms with Crippen molar-refractivity contribution in [3.05, 3.63) is 59.2 Å². The van der Waals surface area contributed by atoms with E-state index in [0.717, 1.165) is 5.56 Å². The molecule has 0 saturated heterocycles. The molecule has 0 bridgehead atoms. The first kappa shape index (κ1) is 15.1. The Balaban J connectivity index is 2.37. The fourth-order valence-electron chi connectivity index (χ4n) is 1.79. The van der Waals surface area contributed by atoms with E-state index in [1.165, 1.54) is 18.2 Å². The van der Waals surface area contributed by atoms with Crippen molar-refractivity contribution in [3.63, 3.8) is 0 Å². The number of rotatable bonds is 4. The summed E-state index contributed by atoms with van der Waals surface area (Å²) in [4.78, 5) is 22.2. The van der Waals surface area contributed by atoms with Gasteiger partial charge in [0.15, 0.2) is 0 Å². The average Bonchev–Trinajstić information content (AvgIpc) is 2.49. The van der Waals surface area contributed by atoms with Gasteiger partial charge in [0, 0.05) is 5.56 Å². The molecule has 5 nitrogen and oxygen atoms in total. The van der Waals surface area contributed by atoms with Crippen LogP contribution in [0.25, 0.3) is 0 Å². The number of ether oxygens (including phenoxy) is 1. The van der Waals surface area contributed by atoms with E-state index in [1.54, 1.807) is 31.2 Å². The van der Waals surface area contributed by atoms with Crippen LogP contribution in [0.5, 0.6) is 11.5 Å². The molecule has 0 aromatic heterocycles. The minimum absolute atomic E-state index is 0.0262. The van der Waals surface area contributed by atoms with Gasteiger partial charge in [0.2, 0.25) is 0 Å². The monoisotopic (exact) mass is 296 g/mol. The van der Waals surface area contributed by atoms with Gasteiger partial charge in [0.05, 0.1) is 5.56 Å². The fraction of sp³-hybridized carbons (Fsp3) is 0.0588. The largest absolute Gasteiger partial charge is 0.478 e. The Bertz CT molecular complexity index is 779. The summed E-state index contributed by atoms with van der Waals surface area (Å²) < 4.78 is 5.50. The van der Waals surface area contributed by atoms with Crippen molar-refractivity contribution >= 4 is 11.9 Å². The van der Waals surface area contributed by atoms with E-state index in [9.17, 15) is 9.59 Å². The van der Waals surface area contributed by atoms with Crippen LogP contribution in [0, 0.1) is 11.8 Å². The first-order valence-corrected chi connectivity index (χ1v) is 6.32. The van der Waals surface area contributed by atoms with Crippen molar-refractivity contribution in [2.75, 3.05) is 0 Å². The third-order valence-corrected chi connectivity index (χ3v) is 2.81. The topological polar surface area (TPSA) is 83.8 Å². The molecule has 0 amide bonds. The summed E-state index contributed by atoms with van der Waals surface area (Å²) in [6.45, 7) is 1.72. The lowest BCUT2D eigenvalue weighted by Gasteiger charge is -2.09. The van der Waals surface area contributed by atoms with Crippen LogP contribution in [0.4, 0.5) is 0 Å². The van der Waals surface area contributed by atoms with Crippen LogP contribution >= 0.6 is 0 Å². The SMILES string of the molecule is CC#Cc1ccc(Oc2cc(C(=O)O)ccc2C(=O)O)cc1. The molecule has 0 aliphatic carbocycles. The van der Waals surface area contributed by atoms with Gasteiger partial charge in [-0.25, -0.2) is 9.59 Å². The molecule has 0 radical (unpaired) electrons. The summed E-state index contributed by atoms with van der Waals surface area (Å²) in [5, 5.41) is 18.1. The molecule has 2 N–H and O–H groups in total. The van der Waals surface area contributed by atoms with E-state index in [1.807, 2.05) is 0 Å². The maximum atomic E-state index is 11.2. The van der Waals surface area contributed by atoms with Gasteiger partial charge < -0.3 is 14.9 Å². The van der Waals surface area contributed by atoms with E-state index in [-0.39, 0.29) is 16.9 Å². The van der Waals surface area contributed by atoms with Crippen molar-refractivity contribution in [2.45, 2.75) is 6.92 Å². The second-order valence-corrected chi connectivity index (χ2v) is 4.32. The van der Waals surface area contributed by atoms with Crippen molar-refractivity contribution in [3.8, 4) is 23.3 Å². The summed E-state index contributed by atoms with van der Waals surface area (Å²) in [7, 11) is 0. The molecule has 0 aliphatic heterocycles. The summed E-state index contributed by atoms with van der Waals surface area (Å²) >= 11 is 0. The van der Waals surface area contributed by atoms with Gasteiger partial charge in [-0.05, 0) is 49.4 Å². The maximum Gasteiger partial charge on any atom is 0.339 e. The third kappa shape index (κ3) is 3.44. The quantitative estimate of drug-likeness (QED) is 0.846. The second kappa shape index (κ2) is 6.46. The molecule has 110 valence electrons. The molecule has 5 heteroatoms. The highest BCUT2D eigenvalue weighted by Gasteiger charge is 2.15. The number of benzene rings is 2. The van der Waals surface area contributed by atoms with E-state index >= 15 is 0 Å². The highest BCUT2D eigenvalue weighted by molar-refractivity contribution is 5.94. The van der Waals surface area contributed by atoms with Crippen LogP contribution in [-0.2, 0) is 0 Å². The first-order valence-electron chi connectivity index (χ1n) is 6.32. The normalized spacial score (nSPS) is 9.50. The van der Waals surface area contributed by atoms with Crippen LogP contribution in [0.2, 0.25) is 0 Å². The molecule has 22 heavy (non-hydrogen) atoms. The molecule has 0 heterocycles. The Morgan fingerprint density at radius 1 is 1.00 bits per heavy atom. The van der Waals surface area contributed by atoms with Crippen LogP contribution < -0.4 is 4.74 Å². The van der Waals surface area contributed by atoms with Crippen molar-refractivity contribution in [1.82, 2.24) is 0 Å². The van der Waals surface area contributed by atoms with E-state index in [0.29, 0.717) is 5.75 Å². The van der Waals surface area contributed by atoms with E-state index in [4.69, 9.17) is 14.9 Å². The molecule has 2 rings (SSSR count). The van der Waals surface area contributed by atoms with Gasteiger partial charge in [0.1, 0.15) is 17.1 Å². The highest BCUT2D eigenvalue weighted by Crippen LogP contribution is 2.27. The minimum Gasteiger partial charge on any atom is -0.478 e. The standard InChI is InChI=1S/C17H12O5/c1-2-3-11-4-7-13(8-5-11)22-15-10-12(16(18)19)6-9-14(15)17(20)21/h4-10H,1H3,(H,18,19)(H,20,21). The Morgan fingerprint density at radius 2 is 1.68 bits per heavy atom. The Morgan fingerprint density at radius 3 is 2.23 bits per heavy atom. The molecule has 0 spiro atoms. The zero-order valence-corrected chi connectivity index (χ0v) is 11.7. The molecule has 2 aromatic carbocycles. The van der Waals surface area contributed by atoms with Crippen LogP contribution in [-0.4, -0.2) is 22.2 Å². The molecular formula is C17H12O5. The number of carboxylic acid groups (broad SMARTS) is 2. The van der Waals surface area contributed by atoms with E-state index < -0.39 is 11.9 Å². The van der Waals surface area contributed by atoms with Gasteiger partial charge in [-0.2, -0.15) is 0 Å². The number of hydrogen-bond acceptors (Lipinski definition) is 3. The molecule has 2 aromatic rings. The molecule has 0 atom stereocenters. The summed E-state index contributed by atoms with van der Waals surface area (Å²) in [6.07, 6.45) is 0. The Hall–Kier alpha value is -3.26. The van der Waals surface area contributed by atoms with E-state index in [2.05, 4.69) is 11.8 Å². The Kier molecular flexibility index (Phi) is 4.44. The lowest BCUT2D eigenvalue weighted by Crippen LogP contribution is -2.03. The summed E-state index contributed by atoms with van der Waals surface area (Å²) in [6, 6.07) is 10.3. The van der Waals surface area contributed by atoms with Crippen molar-refractivity contribution in [1.29, 1.82) is 0 Å². The Labute approximate surface area is 126 Å². The first-order chi connectivity index (χ1) is 10.5. The third-order valence-electron chi connectivity index (χ3n) is 2.81. The van der Waals surface area contributed by atoms with Gasteiger partial charge >= 0.3 is 11.9 Å². The number of carboxylic acids is 2. The highest BCUT2D eigenvalue weighted by atomic mass is 16.5. The van der Waals surface area contributed by atoms with Crippen molar-refractivity contribution in [2.24, 2.45) is 0 Å². The summed E-state index contributed by atoms with van der Waals surface area (Å²) in [5.74, 6) is 3.66. The fourth-order valence-corrected chi connectivity index (χ4v) is 1.79. The zero-order valence-electron chi connectivity index (χ0n) is 11.7. The smallest absolute Gasteiger partial charge is 0.339 e. The number of aromatic carboxylic acids is 2. The van der Waals surface area contributed by atoms with Crippen LogP contribution in [0.15, 0.2) is 42.5 Å². The van der Waals surface area contributed by atoms with Crippen LogP contribution in [0.1, 0.15) is 33.2 Å². The molecule has 0 fully saturated rings. The molecule has 0 aliphatic rings. The maximum absolute atomic E-state index is 11.2. The van der Waals surface area contributed by atoms with Crippen molar-refractivity contribution < 1.29 is 24.5 Å². The summed E-state index contributed by atoms with van der Waals surface area (Å²) in [5.41, 5.74) is 0.642. The predicted molar refractivity (Wildman–Crippen MR) is 79.4 cm³/mol. The van der Waals surface area contributed by atoms with Gasteiger partial charge in [-0.3, -0.25) is 0 Å². The lowest BCUT2D eigenvalue weighted by molar-refractivity contribution is 0.0678. The minimum atomic E-state index is -1.19. The second-order valence-electron chi connectivity index (χ2n) is 4.32.